The second-order valence-corrected chi connectivity index (χ2v) is 4.94. The first-order valence-corrected chi connectivity index (χ1v) is 6.66. The summed E-state index contributed by atoms with van der Waals surface area (Å²) in [7, 11) is 0. The van der Waals surface area contributed by atoms with Crippen LogP contribution >= 0.6 is 11.3 Å². The lowest BCUT2D eigenvalue weighted by molar-refractivity contribution is 0.401. The Kier molecular flexibility index (Phi) is 3.91. The van der Waals surface area contributed by atoms with E-state index in [0.29, 0.717) is 0 Å². The molecule has 1 N–H and O–H groups in total. The normalized spacial score (nSPS) is 12.9. The largest absolute Gasteiger partial charge is 0.444 e. The number of hydrogen-bond acceptors (Lipinski definition) is 5. The van der Waals surface area contributed by atoms with E-state index in [1.165, 1.54) is 5.01 Å². The maximum absolute atomic E-state index is 5.47. The van der Waals surface area contributed by atoms with E-state index in [0.717, 1.165) is 30.3 Å². The first kappa shape index (κ1) is 12.3. The molecule has 17 heavy (non-hydrogen) atoms. The van der Waals surface area contributed by atoms with E-state index < -0.39 is 0 Å². The van der Waals surface area contributed by atoms with Gasteiger partial charge in [0.1, 0.15) is 5.76 Å². The van der Waals surface area contributed by atoms with E-state index in [2.05, 4.69) is 27.6 Å². The van der Waals surface area contributed by atoms with Crippen LogP contribution in [0.5, 0.6) is 0 Å². The zero-order chi connectivity index (χ0) is 12.3. The number of nitrogens with one attached hydrogen (secondary N) is 1. The molecule has 2 aromatic rings. The first-order valence-electron chi connectivity index (χ1n) is 5.78. The Balaban J connectivity index is 1.89. The lowest BCUT2D eigenvalue weighted by Gasteiger charge is -2.08. The van der Waals surface area contributed by atoms with Crippen LogP contribution < -0.4 is 5.32 Å². The summed E-state index contributed by atoms with van der Waals surface area (Å²) in [5, 5.41) is 6.63. The SMILES string of the molecule is CCc1nc(CNC(C)c2ncc(C)o2)cs1. The van der Waals surface area contributed by atoms with E-state index in [9.17, 15) is 0 Å². The lowest BCUT2D eigenvalue weighted by atomic mass is 10.3. The molecular weight excluding hydrogens is 234 g/mol. The summed E-state index contributed by atoms with van der Waals surface area (Å²) in [6.45, 7) is 6.81. The number of oxazole rings is 1. The van der Waals surface area contributed by atoms with Crippen molar-refractivity contribution in [2.24, 2.45) is 0 Å². The van der Waals surface area contributed by atoms with Gasteiger partial charge in [-0.3, -0.25) is 0 Å². The lowest BCUT2D eigenvalue weighted by Crippen LogP contribution is -2.18. The van der Waals surface area contributed by atoms with E-state index in [1.807, 2.05) is 13.8 Å². The predicted octanol–water partition coefficient (Wildman–Crippen LogP) is 2.85. The van der Waals surface area contributed by atoms with Gasteiger partial charge < -0.3 is 9.73 Å². The summed E-state index contributed by atoms with van der Waals surface area (Å²) in [6, 6.07) is 0.107. The molecule has 0 aliphatic rings. The van der Waals surface area contributed by atoms with Crippen LogP contribution in [0.2, 0.25) is 0 Å². The smallest absolute Gasteiger partial charge is 0.211 e. The van der Waals surface area contributed by atoms with Gasteiger partial charge in [0, 0.05) is 11.9 Å². The third-order valence-electron chi connectivity index (χ3n) is 2.50. The fourth-order valence-corrected chi connectivity index (χ4v) is 2.25. The van der Waals surface area contributed by atoms with Gasteiger partial charge in [-0.05, 0) is 20.3 Å². The van der Waals surface area contributed by atoms with Crippen molar-refractivity contribution in [1.82, 2.24) is 15.3 Å². The molecule has 5 heteroatoms. The van der Waals surface area contributed by atoms with Crippen LogP contribution in [0.25, 0.3) is 0 Å². The van der Waals surface area contributed by atoms with E-state index in [1.54, 1.807) is 17.5 Å². The van der Waals surface area contributed by atoms with Crippen LogP contribution in [0.15, 0.2) is 16.0 Å². The molecule has 1 unspecified atom stereocenters. The maximum atomic E-state index is 5.47. The molecule has 0 radical (unpaired) electrons. The molecule has 2 aromatic heterocycles. The summed E-state index contributed by atoms with van der Waals surface area (Å²) in [5.74, 6) is 1.57. The van der Waals surface area contributed by atoms with Crippen molar-refractivity contribution in [2.75, 3.05) is 0 Å². The van der Waals surface area contributed by atoms with E-state index in [4.69, 9.17) is 4.42 Å². The summed E-state index contributed by atoms with van der Waals surface area (Å²) < 4.78 is 5.47. The number of aryl methyl sites for hydroxylation is 2. The summed E-state index contributed by atoms with van der Waals surface area (Å²) >= 11 is 1.71. The highest BCUT2D eigenvalue weighted by molar-refractivity contribution is 7.09. The van der Waals surface area contributed by atoms with E-state index >= 15 is 0 Å². The molecule has 2 rings (SSSR count). The minimum atomic E-state index is 0.107. The average molecular weight is 251 g/mol. The van der Waals surface area contributed by atoms with Crippen LogP contribution in [-0.4, -0.2) is 9.97 Å². The highest BCUT2D eigenvalue weighted by atomic mass is 32.1. The molecule has 0 aliphatic carbocycles. The molecule has 0 aromatic carbocycles. The Hall–Kier alpha value is -1.20. The van der Waals surface area contributed by atoms with Gasteiger partial charge in [0.05, 0.1) is 22.9 Å². The highest BCUT2D eigenvalue weighted by Crippen LogP contribution is 2.14. The van der Waals surface area contributed by atoms with Gasteiger partial charge in [0.25, 0.3) is 0 Å². The number of thiazole rings is 1. The zero-order valence-electron chi connectivity index (χ0n) is 10.4. The average Bonchev–Trinajstić information content (AvgIpc) is 2.94. The molecule has 0 amide bonds. The maximum Gasteiger partial charge on any atom is 0.211 e. The number of aromatic nitrogens is 2. The Morgan fingerprint density at radius 1 is 1.53 bits per heavy atom. The van der Waals surface area contributed by atoms with Crippen molar-refractivity contribution in [3.63, 3.8) is 0 Å². The fraction of sp³-hybridized carbons (Fsp3) is 0.500. The summed E-state index contributed by atoms with van der Waals surface area (Å²) in [5.41, 5.74) is 1.09. The van der Waals surface area contributed by atoms with Crippen LogP contribution in [0.3, 0.4) is 0 Å². The molecule has 0 bridgehead atoms. The molecular formula is C12H17N3OS. The molecule has 0 fully saturated rings. The monoisotopic (exact) mass is 251 g/mol. The Bertz CT molecular complexity index is 478. The Morgan fingerprint density at radius 2 is 2.35 bits per heavy atom. The minimum absolute atomic E-state index is 0.107. The van der Waals surface area contributed by atoms with Gasteiger partial charge in [0.2, 0.25) is 5.89 Å². The van der Waals surface area contributed by atoms with E-state index in [-0.39, 0.29) is 6.04 Å². The number of hydrogen-bond donors (Lipinski definition) is 1. The highest BCUT2D eigenvalue weighted by Gasteiger charge is 2.11. The minimum Gasteiger partial charge on any atom is -0.444 e. The van der Waals surface area contributed by atoms with Crippen molar-refractivity contribution >= 4 is 11.3 Å². The van der Waals surface area contributed by atoms with Gasteiger partial charge in [0.15, 0.2) is 0 Å². The van der Waals surface area contributed by atoms with Crippen molar-refractivity contribution in [3.8, 4) is 0 Å². The van der Waals surface area contributed by atoms with Gasteiger partial charge >= 0.3 is 0 Å². The number of nitrogens with zero attached hydrogens (tertiary/aromatic N) is 2. The first-order chi connectivity index (χ1) is 8.19. The fourth-order valence-electron chi connectivity index (χ4n) is 1.51. The van der Waals surface area contributed by atoms with Crippen molar-refractivity contribution in [3.05, 3.63) is 33.9 Å². The summed E-state index contributed by atoms with van der Waals surface area (Å²) in [4.78, 5) is 8.71. The van der Waals surface area contributed by atoms with Crippen molar-refractivity contribution in [2.45, 2.75) is 39.8 Å². The van der Waals surface area contributed by atoms with Crippen molar-refractivity contribution < 1.29 is 4.42 Å². The standard InChI is InChI=1S/C12H17N3OS/c1-4-11-15-10(7-17-11)6-13-9(3)12-14-5-8(2)16-12/h5,7,9,13H,4,6H2,1-3H3. The van der Waals surface area contributed by atoms with Crippen LogP contribution in [0, 0.1) is 6.92 Å². The molecule has 0 saturated heterocycles. The van der Waals surface area contributed by atoms with Gasteiger partial charge in [-0.1, -0.05) is 6.92 Å². The van der Waals surface area contributed by atoms with Gasteiger partial charge in [-0.25, -0.2) is 9.97 Å². The Morgan fingerprint density at radius 3 is 2.94 bits per heavy atom. The zero-order valence-corrected chi connectivity index (χ0v) is 11.2. The Labute approximate surface area is 105 Å². The molecule has 0 spiro atoms. The van der Waals surface area contributed by atoms with Crippen molar-refractivity contribution in [1.29, 1.82) is 0 Å². The molecule has 2 heterocycles. The third kappa shape index (κ3) is 3.14. The van der Waals surface area contributed by atoms with Crippen LogP contribution in [0.1, 0.15) is 42.2 Å². The third-order valence-corrected chi connectivity index (χ3v) is 3.54. The molecule has 4 nitrogen and oxygen atoms in total. The quantitative estimate of drug-likeness (QED) is 0.887. The second kappa shape index (κ2) is 5.42. The second-order valence-electron chi connectivity index (χ2n) is 4.00. The van der Waals surface area contributed by atoms with Gasteiger partial charge in [-0.15, -0.1) is 11.3 Å². The molecule has 1 atom stereocenters. The summed E-state index contributed by atoms with van der Waals surface area (Å²) in [6.07, 6.45) is 2.74. The van der Waals surface area contributed by atoms with Crippen LogP contribution in [0.4, 0.5) is 0 Å². The van der Waals surface area contributed by atoms with Gasteiger partial charge in [-0.2, -0.15) is 0 Å². The molecule has 92 valence electrons. The number of rotatable bonds is 5. The molecule has 0 aliphatic heterocycles. The predicted molar refractivity (Wildman–Crippen MR) is 68.0 cm³/mol. The topological polar surface area (TPSA) is 51.0 Å². The molecule has 0 saturated carbocycles. The van der Waals surface area contributed by atoms with Crippen LogP contribution in [-0.2, 0) is 13.0 Å².